The van der Waals surface area contributed by atoms with Crippen LogP contribution in [0.2, 0.25) is 5.02 Å². The molecule has 9 heteroatoms. The fourth-order valence-electron chi connectivity index (χ4n) is 5.94. The van der Waals surface area contributed by atoms with Crippen molar-refractivity contribution < 1.29 is 19.1 Å². The Labute approximate surface area is 273 Å². The van der Waals surface area contributed by atoms with Crippen molar-refractivity contribution in [3.63, 3.8) is 0 Å². The summed E-state index contributed by atoms with van der Waals surface area (Å²) in [7, 11) is 0. The Hall–Kier alpha value is -5.34. The number of ether oxygens (including phenoxy) is 2. The molecule has 0 saturated heterocycles. The molecule has 8 nitrogen and oxygen atoms in total. The first-order valence-electron chi connectivity index (χ1n) is 15.1. The van der Waals surface area contributed by atoms with Gasteiger partial charge in [0.05, 0.1) is 30.2 Å². The summed E-state index contributed by atoms with van der Waals surface area (Å²) in [6, 6.07) is 36.3. The number of rotatable bonds is 8. The molecule has 0 aliphatic carbocycles. The van der Waals surface area contributed by atoms with Crippen LogP contribution in [0.4, 0.5) is 17.1 Å². The van der Waals surface area contributed by atoms with Gasteiger partial charge in [-0.3, -0.25) is 4.90 Å². The molecule has 2 heterocycles. The van der Waals surface area contributed by atoms with Gasteiger partial charge in [0.1, 0.15) is 5.57 Å². The first-order valence-corrected chi connectivity index (χ1v) is 15.5. The van der Waals surface area contributed by atoms with Crippen molar-refractivity contribution in [3.05, 3.63) is 149 Å². The van der Waals surface area contributed by atoms with Crippen LogP contribution in [0.3, 0.4) is 0 Å². The molecule has 0 N–H and O–H groups in total. The molecule has 0 amide bonds. The molecule has 0 fully saturated rings. The zero-order valence-corrected chi connectivity index (χ0v) is 26.5. The van der Waals surface area contributed by atoms with Crippen molar-refractivity contribution in [2.45, 2.75) is 26.4 Å². The van der Waals surface area contributed by atoms with E-state index in [0.717, 1.165) is 11.3 Å². The second kappa shape index (κ2) is 12.9. The van der Waals surface area contributed by atoms with Crippen LogP contribution in [-0.2, 0) is 19.1 Å². The third kappa shape index (κ3) is 5.20. The highest BCUT2D eigenvalue weighted by molar-refractivity contribution is 6.30. The monoisotopic (exact) mass is 632 g/mol. The van der Waals surface area contributed by atoms with E-state index in [1.165, 1.54) is 0 Å². The number of halogens is 1. The lowest BCUT2D eigenvalue weighted by molar-refractivity contribution is -0.140. The van der Waals surface area contributed by atoms with Gasteiger partial charge >= 0.3 is 11.9 Å². The summed E-state index contributed by atoms with van der Waals surface area (Å²) in [6.45, 7) is 5.56. The third-order valence-electron chi connectivity index (χ3n) is 7.83. The summed E-state index contributed by atoms with van der Waals surface area (Å²) < 4.78 is 11.4. The predicted octanol–water partition coefficient (Wildman–Crippen LogP) is 7.53. The Kier molecular flexibility index (Phi) is 8.63. The molecule has 2 aliphatic heterocycles. The Bertz CT molecular complexity index is 1830. The van der Waals surface area contributed by atoms with Crippen LogP contribution in [0, 0.1) is 0 Å². The van der Waals surface area contributed by atoms with Crippen molar-refractivity contribution in [2.24, 2.45) is 5.10 Å². The van der Waals surface area contributed by atoms with Gasteiger partial charge in [-0.2, -0.15) is 5.10 Å². The van der Waals surface area contributed by atoms with E-state index in [9.17, 15) is 9.59 Å². The topological polar surface area (TPSA) is 74.7 Å². The highest BCUT2D eigenvalue weighted by atomic mass is 35.5. The molecule has 232 valence electrons. The molecule has 2 aliphatic rings. The molecule has 1 spiro atoms. The van der Waals surface area contributed by atoms with E-state index < -0.39 is 17.6 Å². The molecule has 6 rings (SSSR count). The van der Waals surface area contributed by atoms with Crippen molar-refractivity contribution in [2.75, 3.05) is 28.0 Å². The van der Waals surface area contributed by atoms with Gasteiger partial charge < -0.3 is 14.4 Å². The highest BCUT2D eigenvalue weighted by Crippen LogP contribution is 2.53. The van der Waals surface area contributed by atoms with Crippen LogP contribution in [0.1, 0.15) is 26.3 Å². The minimum absolute atomic E-state index is 0.145. The summed E-state index contributed by atoms with van der Waals surface area (Å²) in [4.78, 5) is 32.0. The van der Waals surface area contributed by atoms with Crippen LogP contribution >= 0.6 is 11.6 Å². The standard InChI is InChI=1S/C37H33ClN4O4/c1-4-45-35(43)26(3)33-37(32(36(44)46-5-2)25-40(33)29-23-21-28(38)22-24-29)41(30-17-11-7-12-18-30)34(27-15-9-6-10-16-27)39-42(37)31-19-13-8-14-20-31/h6-25H,4-5H2,1-3H3. The number of carbonyl (C=O) groups excluding carboxylic acids is 2. The number of hydrazone groups is 1. The summed E-state index contributed by atoms with van der Waals surface area (Å²) >= 11 is 6.31. The number of esters is 2. The van der Waals surface area contributed by atoms with Crippen molar-refractivity contribution in [1.82, 2.24) is 0 Å². The predicted molar refractivity (Wildman–Crippen MR) is 182 cm³/mol. The van der Waals surface area contributed by atoms with Gasteiger partial charge in [0, 0.05) is 28.2 Å². The lowest BCUT2D eigenvalue weighted by Gasteiger charge is -2.45. The maximum Gasteiger partial charge on any atom is 0.340 e. The van der Waals surface area contributed by atoms with Crippen LogP contribution in [0.15, 0.2) is 143 Å². The summed E-state index contributed by atoms with van der Waals surface area (Å²) in [5.41, 5.74) is 2.38. The number of benzene rings is 4. The van der Waals surface area contributed by atoms with Gasteiger partial charge in [-0.05, 0) is 69.3 Å². The second-order valence-corrected chi connectivity index (χ2v) is 11.0. The smallest absolute Gasteiger partial charge is 0.340 e. The number of amidine groups is 1. The second-order valence-electron chi connectivity index (χ2n) is 10.6. The SMILES string of the molecule is CCOC(=O)C1=CN(c2ccc(Cl)cc2)C(=C(C)C(=O)OCC)C12N(c1ccccc1)N=C(c1ccccc1)N2c1ccccc1. The molecule has 1 unspecified atom stereocenters. The summed E-state index contributed by atoms with van der Waals surface area (Å²) in [5, 5.41) is 7.64. The van der Waals surface area contributed by atoms with E-state index in [0.29, 0.717) is 33.5 Å². The molecule has 4 aromatic rings. The van der Waals surface area contributed by atoms with Gasteiger partial charge in [-0.25, -0.2) is 14.6 Å². The molecule has 1 atom stereocenters. The number of hydrogen-bond donors (Lipinski definition) is 0. The van der Waals surface area contributed by atoms with Gasteiger partial charge in [-0.15, -0.1) is 0 Å². The van der Waals surface area contributed by atoms with E-state index in [1.807, 2.05) is 113 Å². The largest absolute Gasteiger partial charge is 0.463 e. The quantitative estimate of drug-likeness (QED) is 0.147. The van der Waals surface area contributed by atoms with Crippen LogP contribution in [0.5, 0.6) is 0 Å². The lowest BCUT2D eigenvalue weighted by atomic mass is 9.91. The molecular weight excluding hydrogens is 600 g/mol. The minimum Gasteiger partial charge on any atom is -0.463 e. The first kappa shape index (κ1) is 30.7. The zero-order chi connectivity index (χ0) is 32.3. The molecule has 4 aromatic carbocycles. The van der Waals surface area contributed by atoms with Crippen LogP contribution in [0.25, 0.3) is 0 Å². The normalized spacial score (nSPS) is 18.4. The Morgan fingerprint density at radius 3 is 1.89 bits per heavy atom. The van der Waals surface area contributed by atoms with E-state index >= 15 is 0 Å². The van der Waals surface area contributed by atoms with Crippen molar-refractivity contribution in [1.29, 1.82) is 0 Å². The van der Waals surface area contributed by atoms with E-state index in [2.05, 4.69) is 0 Å². The van der Waals surface area contributed by atoms with Crippen molar-refractivity contribution >= 4 is 46.4 Å². The molecule has 0 radical (unpaired) electrons. The van der Waals surface area contributed by atoms with E-state index in [-0.39, 0.29) is 18.8 Å². The van der Waals surface area contributed by atoms with Gasteiger partial charge in [-0.1, -0.05) is 78.3 Å². The molecule has 46 heavy (non-hydrogen) atoms. The Balaban J connectivity index is 1.77. The molecule has 0 aromatic heterocycles. The first-order chi connectivity index (χ1) is 22.4. The third-order valence-corrected chi connectivity index (χ3v) is 8.08. The van der Waals surface area contributed by atoms with Gasteiger partial charge in [0.25, 0.3) is 0 Å². The zero-order valence-electron chi connectivity index (χ0n) is 25.8. The fourth-order valence-corrected chi connectivity index (χ4v) is 6.07. The Morgan fingerprint density at radius 1 is 0.739 bits per heavy atom. The minimum atomic E-state index is -1.55. The average Bonchev–Trinajstić information content (AvgIpc) is 3.62. The lowest BCUT2D eigenvalue weighted by Crippen LogP contribution is -2.61. The highest BCUT2D eigenvalue weighted by Gasteiger charge is 2.63. The molecule has 0 saturated carbocycles. The number of nitrogens with zero attached hydrogens (tertiary/aromatic N) is 4. The van der Waals surface area contributed by atoms with E-state index in [4.69, 9.17) is 26.2 Å². The van der Waals surface area contributed by atoms with Gasteiger partial charge in [0.15, 0.2) is 5.84 Å². The fraction of sp³-hybridized carbons (Fsp3) is 0.162. The van der Waals surface area contributed by atoms with Crippen LogP contribution < -0.4 is 14.8 Å². The van der Waals surface area contributed by atoms with Gasteiger partial charge in [0.2, 0.25) is 5.66 Å². The number of hydrogen-bond acceptors (Lipinski definition) is 8. The average molecular weight is 633 g/mol. The summed E-state index contributed by atoms with van der Waals surface area (Å²) in [5.74, 6) is -0.513. The molecule has 0 bridgehead atoms. The Morgan fingerprint density at radius 2 is 1.30 bits per heavy atom. The number of anilines is 3. The summed E-state index contributed by atoms with van der Waals surface area (Å²) in [6.07, 6.45) is 1.73. The van der Waals surface area contributed by atoms with Crippen molar-refractivity contribution in [3.8, 4) is 0 Å². The molecular formula is C37H33ClN4O4. The van der Waals surface area contributed by atoms with Crippen LogP contribution in [-0.4, -0.2) is 36.7 Å². The maximum absolute atomic E-state index is 14.3. The number of carbonyl (C=O) groups is 2. The number of para-hydroxylation sites is 2. The van der Waals surface area contributed by atoms with E-state index in [1.54, 1.807) is 44.1 Å². The maximum atomic E-state index is 14.3.